The number of carbonyl (C=O) groups is 2. The van der Waals surface area contributed by atoms with E-state index in [1.807, 2.05) is 17.5 Å². The maximum absolute atomic E-state index is 12.0. The van der Waals surface area contributed by atoms with Crippen LogP contribution in [0.2, 0.25) is 10.0 Å². The summed E-state index contributed by atoms with van der Waals surface area (Å²) in [7, 11) is 1.42. The molecule has 1 aromatic carbocycles. The molecule has 0 bridgehead atoms. The van der Waals surface area contributed by atoms with Gasteiger partial charge in [-0.05, 0) is 30.0 Å². The molecule has 2 rings (SSSR count). The summed E-state index contributed by atoms with van der Waals surface area (Å²) in [5.74, 6) is -0.776. The number of thiophene rings is 1. The van der Waals surface area contributed by atoms with Crippen LogP contribution < -0.4 is 10.1 Å². The molecule has 1 aromatic heterocycles. The molecule has 0 spiro atoms. The van der Waals surface area contributed by atoms with Crippen LogP contribution in [0.15, 0.2) is 29.6 Å². The summed E-state index contributed by atoms with van der Waals surface area (Å²) < 4.78 is 9.96. The topological polar surface area (TPSA) is 64.6 Å². The molecular formula is C16H15Cl2NO4S. The minimum Gasteiger partial charge on any atom is -0.494 e. The molecule has 5 nitrogen and oxygen atoms in total. The third kappa shape index (κ3) is 5.12. The fourth-order valence-electron chi connectivity index (χ4n) is 1.92. The number of nitrogens with one attached hydrogen (secondary N) is 1. The van der Waals surface area contributed by atoms with Crippen molar-refractivity contribution in [1.29, 1.82) is 0 Å². The van der Waals surface area contributed by atoms with E-state index in [0.29, 0.717) is 6.54 Å². The van der Waals surface area contributed by atoms with E-state index >= 15 is 0 Å². The third-order valence-electron chi connectivity index (χ3n) is 3.05. The Morgan fingerprint density at radius 1 is 1.25 bits per heavy atom. The van der Waals surface area contributed by atoms with Gasteiger partial charge in [-0.1, -0.05) is 29.3 Å². The monoisotopic (exact) mass is 387 g/mol. The molecule has 2 aromatic rings. The number of benzene rings is 1. The Morgan fingerprint density at radius 3 is 2.54 bits per heavy atom. The number of halogens is 2. The van der Waals surface area contributed by atoms with Crippen LogP contribution in [0.3, 0.4) is 0 Å². The van der Waals surface area contributed by atoms with Crippen molar-refractivity contribution in [2.24, 2.45) is 0 Å². The van der Waals surface area contributed by atoms with Crippen LogP contribution >= 0.6 is 34.5 Å². The summed E-state index contributed by atoms with van der Waals surface area (Å²) in [6.07, 6.45) is 0.737. The van der Waals surface area contributed by atoms with Gasteiger partial charge >= 0.3 is 5.97 Å². The first-order chi connectivity index (χ1) is 11.5. The van der Waals surface area contributed by atoms with E-state index in [-0.39, 0.29) is 33.9 Å². The van der Waals surface area contributed by atoms with E-state index in [1.54, 1.807) is 11.3 Å². The van der Waals surface area contributed by atoms with Gasteiger partial charge in [0.25, 0.3) is 5.91 Å². The van der Waals surface area contributed by atoms with E-state index in [1.165, 1.54) is 24.1 Å². The van der Waals surface area contributed by atoms with Crippen LogP contribution in [-0.2, 0) is 16.0 Å². The van der Waals surface area contributed by atoms with Crippen LogP contribution in [0.25, 0.3) is 0 Å². The summed E-state index contributed by atoms with van der Waals surface area (Å²) in [4.78, 5) is 24.8. The van der Waals surface area contributed by atoms with Crippen LogP contribution in [0.1, 0.15) is 15.2 Å². The zero-order valence-electron chi connectivity index (χ0n) is 12.8. The SMILES string of the molecule is COc1c(Cl)cc(C(=O)OCC(=O)NCCc2cccs2)cc1Cl. The van der Waals surface area contributed by atoms with Gasteiger partial charge in [0, 0.05) is 11.4 Å². The molecule has 0 saturated carbocycles. The first kappa shape index (κ1) is 18.6. The molecule has 0 aliphatic carbocycles. The average molecular weight is 388 g/mol. The third-order valence-corrected chi connectivity index (χ3v) is 4.54. The number of ether oxygens (including phenoxy) is 2. The van der Waals surface area contributed by atoms with Crippen molar-refractivity contribution in [3.05, 3.63) is 50.1 Å². The number of hydrogen-bond donors (Lipinski definition) is 1. The van der Waals surface area contributed by atoms with Crippen molar-refractivity contribution in [1.82, 2.24) is 5.32 Å². The smallest absolute Gasteiger partial charge is 0.338 e. The number of carbonyl (C=O) groups excluding carboxylic acids is 2. The quantitative estimate of drug-likeness (QED) is 0.737. The molecule has 0 saturated heterocycles. The Balaban J connectivity index is 1.81. The van der Waals surface area contributed by atoms with Crippen molar-refractivity contribution in [3.8, 4) is 5.75 Å². The Bertz CT molecular complexity index is 696. The second kappa shape index (κ2) is 8.92. The van der Waals surface area contributed by atoms with Crippen LogP contribution in [0.4, 0.5) is 0 Å². The first-order valence-electron chi connectivity index (χ1n) is 7.00. The molecule has 0 atom stereocenters. The molecule has 1 heterocycles. The number of rotatable bonds is 7. The van der Waals surface area contributed by atoms with E-state index in [0.717, 1.165) is 6.42 Å². The fraction of sp³-hybridized carbons (Fsp3) is 0.250. The minimum atomic E-state index is -0.685. The predicted molar refractivity (Wildman–Crippen MR) is 94.3 cm³/mol. The summed E-state index contributed by atoms with van der Waals surface area (Å²) in [5.41, 5.74) is 0.150. The summed E-state index contributed by atoms with van der Waals surface area (Å²) in [6, 6.07) is 6.70. The van der Waals surface area contributed by atoms with E-state index < -0.39 is 5.97 Å². The van der Waals surface area contributed by atoms with Gasteiger partial charge < -0.3 is 14.8 Å². The fourth-order valence-corrected chi connectivity index (χ4v) is 3.27. The van der Waals surface area contributed by atoms with Crippen molar-refractivity contribution in [2.45, 2.75) is 6.42 Å². The number of hydrogen-bond acceptors (Lipinski definition) is 5. The average Bonchev–Trinajstić information content (AvgIpc) is 3.05. The Kier molecular flexibility index (Phi) is 6.90. The van der Waals surface area contributed by atoms with Crippen molar-refractivity contribution >= 4 is 46.4 Å². The van der Waals surface area contributed by atoms with Crippen LogP contribution in [-0.4, -0.2) is 32.1 Å². The number of methoxy groups -OCH3 is 1. The van der Waals surface area contributed by atoms with E-state index in [4.69, 9.17) is 32.7 Å². The zero-order chi connectivity index (χ0) is 17.5. The lowest BCUT2D eigenvalue weighted by atomic mass is 10.2. The lowest BCUT2D eigenvalue weighted by Crippen LogP contribution is -2.30. The highest BCUT2D eigenvalue weighted by Crippen LogP contribution is 2.33. The lowest BCUT2D eigenvalue weighted by molar-refractivity contribution is -0.124. The maximum Gasteiger partial charge on any atom is 0.338 e. The highest BCUT2D eigenvalue weighted by molar-refractivity contribution is 7.09. The van der Waals surface area contributed by atoms with Gasteiger partial charge in [-0.2, -0.15) is 0 Å². The second-order valence-electron chi connectivity index (χ2n) is 4.73. The molecule has 24 heavy (non-hydrogen) atoms. The van der Waals surface area contributed by atoms with Crippen molar-refractivity contribution < 1.29 is 19.1 Å². The van der Waals surface area contributed by atoms with Gasteiger partial charge in [-0.25, -0.2) is 4.79 Å². The molecule has 0 unspecified atom stereocenters. The summed E-state index contributed by atoms with van der Waals surface area (Å²) in [5, 5.41) is 5.05. The highest BCUT2D eigenvalue weighted by Gasteiger charge is 2.15. The molecule has 8 heteroatoms. The van der Waals surface area contributed by atoms with Gasteiger partial charge in [-0.15, -0.1) is 11.3 Å². The largest absolute Gasteiger partial charge is 0.494 e. The second-order valence-corrected chi connectivity index (χ2v) is 6.58. The van der Waals surface area contributed by atoms with Gasteiger partial charge in [0.1, 0.15) is 0 Å². The number of amides is 1. The highest BCUT2D eigenvalue weighted by atomic mass is 35.5. The Hall–Kier alpha value is -1.76. The van der Waals surface area contributed by atoms with Crippen molar-refractivity contribution in [2.75, 3.05) is 20.3 Å². The zero-order valence-corrected chi connectivity index (χ0v) is 15.1. The molecular weight excluding hydrogens is 373 g/mol. The van der Waals surface area contributed by atoms with Gasteiger partial charge in [0.05, 0.1) is 22.7 Å². The molecule has 128 valence electrons. The van der Waals surface area contributed by atoms with Gasteiger partial charge in [0.15, 0.2) is 12.4 Å². The van der Waals surface area contributed by atoms with E-state index in [9.17, 15) is 9.59 Å². The summed E-state index contributed by atoms with van der Waals surface area (Å²) >= 11 is 13.6. The molecule has 0 radical (unpaired) electrons. The van der Waals surface area contributed by atoms with Gasteiger partial charge in [0.2, 0.25) is 0 Å². The minimum absolute atomic E-state index is 0.150. The number of esters is 1. The predicted octanol–water partition coefficient (Wildman–Crippen LogP) is 3.58. The standard InChI is InChI=1S/C16H15Cl2NO4S/c1-22-15-12(17)7-10(8-13(15)18)16(21)23-9-14(20)19-5-4-11-3-2-6-24-11/h2-3,6-8H,4-5,9H2,1H3,(H,19,20). The Labute approximate surface area is 153 Å². The lowest BCUT2D eigenvalue weighted by Gasteiger charge is -2.09. The first-order valence-corrected chi connectivity index (χ1v) is 8.64. The molecule has 0 aliphatic rings. The normalized spacial score (nSPS) is 10.3. The van der Waals surface area contributed by atoms with Crippen LogP contribution in [0.5, 0.6) is 5.75 Å². The molecule has 1 amide bonds. The van der Waals surface area contributed by atoms with Crippen molar-refractivity contribution in [3.63, 3.8) is 0 Å². The van der Waals surface area contributed by atoms with E-state index in [2.05, 4.69) is 5.32 Å². The molecule has 0 fully saturated rings. The summed E-state index contributed by atoms with van der Waals surface area (Å²) in [6.45, 7) is 0.113. The maximum atomic E-state index is 12.0. The Morgan fingerprint density at radius 2 is 1.96 bits per heavy atom. The molecule has 1 N–H and O–H groups in total. The molecule has 0 aliphatic heterocycles. The van der Waals surface area contributed by atoms with Crippen LogP contribution in [0, 0.1) is 0 Å². The van der Waals surface area contributed by atoms with Gasteiger partial charge in [-0.3, -0.25) is 4.79 Å².